The summed E-state index contributed by atoms with van der Waals surface area (Å²) in [6, 6.07) is 9.87. The predicted molar refractivity (Wildman–Crippen MR) is 85.7 cm³/mol. The van der Waals surface area contributed by atoms with Crippen molar-refractivity contribution < 1.29 is 4.79 Å². The van der Waals surface area contributed by atoms with Crippen molar-refractivity contribution in [2.75, 3.05) is 12.4 Å². The molecule has 0 spiro atoms. The van der Waals surface area contributed by atoms with E-state index in [4.69, 9.17) is 0 Å². The maximum absolute atomic E-state index is 12.3. The highest BCUT2D eigenvalue weighted by atomic mass is 32.1. The molecule has 4 heteroatoms. The van der Waals surface area contributed by atoms with Crippen LogP contribution in [0, 0.1) is 13.8 Å². The summed E-state index contributed by atoms with van der Waals surface area (Å²) in [4.78, 5) is 14.7. The zero-order valence-electron chi connectivity index (χ0n) is 12.3. The molecule has 0 bridgehead atoms. The largest absolute Gasteiger partial charge is 0.388 e. The summed E-state index contributed by atoms with van der Waals surface area (Å²) in [5.74, 6) is -0.0330. The molecule has 3 nitrogen and oxygen atoms in total. The molecule has 106 valence electrons. The first kappa shape index (κ1) is 14.6. The van der Waals surface area contributed by atoms with Gasteiger partial charge in [-0.15, -0.1) is 11.3 Å². The van der Waals surface area contributed by atoms with Crippen LogP contribution in [0.25, 0.3) is 0 Å². The van der Waals surface area contributed by atoms with Gasteiger partial charge in [0.25, 0.3) is 5.91 Å². The molecule has 0 radical (unpaired) electrons. The Morgan fingerprint density at radius 1 is 1.20 bits per heavy atom. The van der Waals surface area contributed by atoms with Crippen LogP contribution in [0.1, 0.15) is 38.6 Å². The number of rotatable bonds is 4. The highest BCUT2D eigenvalue weighted by molar-refractivity contribution is 7.12. The molecule has 0 aliphatic heterocycles. The van der Waals surface area contributed by atoms with Crippen molar-refractivity contribution in [1.82, 2.24) is 5.32 Å². The minimum Gasteiger partial charge on any atom is -0.388 e. The number of anilines is 1. The second-order valence-corrected chi connectivity index (χ2v) is 6.24. The van der Waals surface area contributed by atoms with E-state index in [0.29, 0.717) is 5.56 Å². The summed E-state index contributed by atoms with van der Waals surface area (Å²) in [6.45, 7) is 6.08. The Kier molecular flexibility index (Phi) is 4.45. The molecule has 1 amide bonds. The van der Waals surface area contributed by atoms with E-state index < -0.39 is 0 Å². The molecular formula is C16H20N2OS. The molecule has 1 aromatic carbocycles. The minimum atomic E-state index is -0.0330. The highest BCUT2D eigenvalue weighted by Gasteiger charge is 2.13. The molecule has 0 saturated heterocycles. The molecule has 2 rings (SSSR count). The molecule has 1 atom stereocenters. The lowest BCUT2D eigenvalue weighted by Gasteiger charge is -2.13. The zero-order valence-corrected chi connectivity index (χ0v) is 13.1. The summed E-state index contributed by atoms with van der Waals surface area (Å²) in [6.07, 6.45) is 0. The van der Waals surface area contributed by atoms with E-state index in [9.17, 15) is 4.79 Å². The van der Waals surface area contributed by atoms with Crippen molar-refractivity contribution in [3.05, 3.63) is 51.2 Å². The molecule has 0 fully saturated rings. The molecule has 2 aromatic rings. The third kappa shape index (κ3) is 3.20. The van der Waals surface area contributed by atoms with E-state index in [2.05, 4.69) is 29.7 Å². The van der Waals surface area contributed by atoms with E-state index >= 15 is 0 Å². The van der Waals surface area contributed by atoms with Crippen LogP contribution in [0.3, 0.4) is 0 Å². The smallest absolute Gasteiger partial charge is 0.251 e. The number of carbonyl (C=O) groups is 1. The van der Waals surface area contributed by atoms with Gasteiger partial charge in [0.15, 0.2) is 0 Å². The number of amides is 1. The first-order valence-corrected chi connectivity index (χ1v) is 7.48. The van der Waals surface area contributed by atoms with Crippen molar-refractivity contribution >= 4 is 22.9 Å². The second kappa shape index (κ2) is 6.09. The van der Waals surface area contributed by atoms with Gasteiger partial charge >= 0.3 is 0 Å². The summed E-state index contributed by atoms with van der Waals surface area (Å²) in [5, 5.41) is 6.14. The third-order valence-corrected chi connectivity index (χ3v) is 4.48. The Morgan fingerprint density at radius 3 is 2.50 bits per heavy atom. The van der Waals surface area contributed by atoms with Crippen molar-refractivity contribution in [1.29, 1.82) is 0 Å². The van der Waals surface area contributed by atoms with Gasteiger partial charge in [-0.2, -0.15) is 0 Å². The molecule has 1 aromatic heterocycles. The van der Waals surface area contributed by atoms with Gasteiger partial charge < -0.3 is 10.6 Å². The lowest BCUT2D eigenvalue weighted by Crippen LogP contribution is -2.26. The summed E-state index contributed by atoms with van der Waals surface area (Å²) < 4.78 is 0. The monoisotopic (exact) mass is 288 g/mol. The van der Waals surface area contributed by atoms with E-state index in [1.165, 1.54) is 9.75 Å². The van der Waals surface area contributed by atoms with Gasteiger partial charge in [-0.3, -0.25) is 4.79 Å². The first-order valence-electron chi connectivity index (χ1n) is 6.67. The first-order chi connectivity index (χ1) is 9.51. The fraction of sp³-hybridized carbons (Fsp3) is 0.312. The number of aryl methyl sites for hydroxylation is 2. The number of nitrogens with one attached hydrogen (secondary N) is 2. The number of benzene rings is 1. The van der Waals surface area contributed by atoms with Crippen LogP contribution in [-0.4, -0.2) is 13.0 Å². The van der Waals surface area contributed by atoms with Crippen LogP contribution >= 0.6 is 11.3 Å². The molecule has 1 unspecified atom stereocenters. The fourth-order valence-corrected chi connectivity index (χ4v) is 3.00. The second-order valence-electron chi connectivity index (χ2n) is 4.92. The number of carbonyl (C=O) groups excluding carboxylic acids is 1. The number of thiophene rings is 1. The Bertz CT molecular complexity index is 619. The van der Waals surface area contributed by atoms with Gasteiger partial charge in [-0.25, -0.2) is 0 Å². The van der Waals surface area contributed by atoms with Crippen LogP contribution in [-0.2, 0) is 0 Å². The minimum absolute atomic E-state index is 0.0329. The maximum Gasteiger partial charge on any atom is 0.251 e. The molecule has 20 heavy (non-hydrogen) atoms. The predicted octanol–water partition coefficient (Wildman–Crippen LogP) is 3.90. The zero-order chi connectivity index (χ0) is 14.7. The van der Waals surface area contributed by atoms with Crippen LogP contribution < -0.4 is 10.6 Å². The lowest BCUT2D eigenvalue weighted by atomic mass is 10.1. The lowest BCUT2D eigenvalue weighted by molar-refractivity contribution is 0.0940. The average molecular weight is 288 g/mol. The van der Waals surface area contributed by atoms with Crippen LogP contribution in [0.15, 0.2) is 30.3 Å². The molecule has 1 heterocycles. The van der Waals surface area contributed by atoms with Crippen molar-refractivity contribution in [2.24, 2.45) is 0 Å². The normalized spacial score (nSPS) is 12.0. The maximum atomic E-state index is 12.3. The average Bonchev–Trinajstić information content (AvgIpc) is 2.85. The molecule has 2 N–H and O–H groups in total. The standard InChI is InChI=1S/C16H20N2OS/c1-10-9-13(6-7-14(10)17-4)16(19)18-12(3)15-8-5-11(2)20-15/h5-9,12,17H,1-4H3,(H,18,19). The van der Waals surface area contributed by atoms with Crippen molar-refractivity contribution in [2.45, 2.75) is 26.8 Å². The van der Waals surface area contributed by atoms with Crippen LogP contribution in [0.5, 0.6) is 0 Å². The van der Waals surface area contributed by atoms with E-state index in [1.807, 2.05) is 39.1 Å². The molecule has 0 saturated carbocycles. The summed E-state index contributed by atoms with van der Waals surface area (Å²) in [7, 11) is 1.88. The third-order valence-electron chi connectivity index (χ3n) is 3.29. The van der Waals surface area contributed by atoms with Gasteiger partial charge in [0.05, 0.1) is 6.04 Å². The van der Waals surface area contributed by atoms with Gasteiger partial charge in [0.1, 0.15) is 0 Å². The quantitative estimate of drug-likeness (QED) is 0.896. The molecule has 0 aliphatic carbocycles. The topological polar surface area (TPSA) is 41.1 Å². The Balaban J connectivity index is 2.10. The van der Waals surface area contributed by atoms with Crippen molar-refractivity contribution in [3.63, 3.8) is 0 Å². The summed E-state index contributed by atoms with van der Waals surface area (Å²) >= 11 is 1.72. The van der Waals surface area contributed by atoms with Gasteiger partial charge in [-0.1, -0.05) is 0 Å². The van der Waals surface area contributed by atoms with Crippen LogP contribution in [0.4, 0.5) is 5.69 Å². The van der Waals surface area contributed by atoms with Gasteiger partial charge in [-0.05, 0) is 56.7 Å². The SMILES string of the molecule is CNc1ccc(C(=O)NC(C)c2ccc(C)s2)cc1C. The molecule has 0 aliphatic rings. The Hall–Kier alpha value is -1.81. The Labute approximate surface area is 124 Å². The molecular weight excluding hydrogens is 268 g/mol. The van der Waals surface area contributed by atoms with Crippen LogP contribution in [0.2, 0.25) is 0 Å². The number of hydrogen-bond donors (Lipinski definition) is 2. The van der Waals surface area contributed by atoms with Crippen molar-refractivity contribution in [3.8, 4) is 0 Å². The fourth-order valence-electron chi connectivity index (χ4n) is 2.12. The van der Waals surface area contributed by atoms with E-state index in [0.717, 1.165) is 11.3 Å². The van der Waals surface area contributed by atoms with Gasteiger partial charge in [0.2, 0.25) is 0 Å². The summed E-state index contributed by atoms with van der Waals surface area (Å²) in [5.41, 5.74) is 2.81. The Morgan fingerprint density at radius 2 is 1.95 bits per heavy atom. The number of hydrogen-bond acceptors (Lipinski definition) is 3. The van der Waals surface area contributed by atoms with E-state index in [-0.39, 0.29) is 11.9 Å². The highest BCUT2D eigenvalue weighted by Crippen LogP contribution is 2.23. The van der Waals surface area contributed by atoms with Gasteiger partial charge in [0, 0.05) is 28.1 Å². The van der Waals surface area contributed by atoms with E-state index in [1.54, 1.807) is 11.3 Å².